The molecular formula is C13H11BrClFS. The fourth-order valence-electron chi connectivity index (χ4n) is 1.75. The van der Waals surface area contributed by atoms with Crippen molar-refractivity contribution in [3.8, 4) is 0 Å². The zero-order valence-electron chi connectivity index (χ0n) is 9.43. The van der Waals surface area contributed by atoms with Gasteiger partial charge in [-0.2, -0.15) is 0 Å². The molecule has 0 nitrogen and oxygen atoms in total. The van der Waals surface area contributed by atoms with Crippen molar-refractivity contribution in [1.82, 2.24) is 0 Å². The van der Waals surface area contributed by atoms with Crippen LogP contribution in [0, 0.1) is 19.7 Å². The molecule has 2 aromatic rings. The molecule has 2 rings (SSSR count). The Hall–Kier alpha value is -0.380. The van der Waals surface area contributed by atoms with Gasteiger partial charge in [-0.1, -0.05) is 33.6 Å². The van der Waals surface area contributed by atoms with Crippen molar-refractivity contribution in [3.05, 3.63) is 56.0 Å². The van der Waals surface area contributed by atoms with Crippen molar-refractivity contribution in [2.24, 2.45) is 0 Å². The molecule has 0 radical (unpaired) electrons. The molecule has 0 amide bonds. The summed E-state index contributed by atoms with van der Waals surface area (Å²) >= 11 is 11.0. The summed E-state index contributed by atoms with van der Waals surface area (Å²) in [4.78, 5) is 2.52. The zero-order valence-corrected chi connectivity index (χ0v) is 12.6. The molecule has 0 bridgehead atoms. The predicted molar refractivity (Wildman–Crippen MR) is 76.0 cm³/mol. The number of benzene rings is 1. The van der Waals surface area contributed by atoms with E-state index >= 15 is 0 Å². The van der Waals surface area contributed by atoms with Gasteiger partial charge in [-0.15, -0.1) is 11.3 Å². The molecule has 1 heterocycles. The molecule has 0 saturated carbocycles. The van der Waals surface area contributed by atoms with Crippen molar-refractivity contribution < 1.29 is 4.39 Å². The highest BCUT2D eigenvalue weighted by Crippen LogP contribution is 2.37. The second-order valence-corrected chi connectivity index (χ2v) is 6.69. The van der Waals surface area contributed by atoms with Gasteiger partial charge in [-0.05, 0) is 43.2 Å². The van der Waals surface area contributed by atoms with Gasteiger partial charge in [0.1, 0.15) is 5.82 Å². The van der Waals surface area contributed by atoms with Crippen molar-refractivity contribution in [2.75, 3.05) is 0 Å². The van der Waals surface area contributed by atoms with E-state index in [-0.39, 0.29) is 15.7 Å². The molecule has 1 aromatic carbocycles. The summed E-state index contributed by atoms with van der Waals surface area (Å²) in [6, 6.07) is 7.05. The van der Waals surface area contributed by atoms with Crippen LogP contribution >= 0.6 is 38.9 Å². The molecule has 0 saturated heterocycles. The average molecular weight is 334 g/mol. The van der Waals surface area contributed by atoms with E-state index in [4.69, 9.17) is 11.6 Å². The summed E-state index contributed by atoms with van der Waals surface area (Å²) in [5.41, 5.74) is 2.07. The maximum atomic E-state index is 13.4. The van der Waals surface area contributed by atoms with E-state index in [0.717, 1.165) is 5.56 Å². The minimum absolute atomic E-state index is 0.0132. The molecule has 0 spiro atoms. The van der Waals surface area contributed by atoms with Gasteiger partial charge in [0.2, 0.25) is 0 Å². The highest BCUT2D eigenvalue weighted by molar-refractivity contribution is 9.09. The molecule has 1 unspecified atom stereocenters. The molecule has 0 aliphatic carbocycles. The summed E-state index contributed by atoms with van der Waals surface area (Å²) in [6.07, 6.45) is 0. The Labute approximate surface area is 118 Å². The minimum atomic E-state index is -0.377. The molecule has 0 aliphatic heterocycles. The second kappa shape index (κ2) is 5.09. The summed E-state index contributed by atoms with van der Waals surface area (Å²) in [7, 11) is 0. The van der Waals surface area contributed by atoms with Gasteiger partial charge in [0.15, 0.2) is 0 Å². The molecular weight excluding hydrogens is 323 g/mol. The van der Waals surface area contributed by atoms with Crippen LogP contribution in [-0.4, -0.2) is 0 Å². The Bertz CT molecular complexity index is 550. The van der Waals surface area contributed by atoms with Crippen LogP contribution in [0.2, 0.25) is 5.02 Å². The van der Waals surface area contributed by atoms with Crippen LogP contribution < -0.4 is 0 Å². The Balaban J connectivity index is 2.40. The van der Waals surface area contributed by atoms with Gasteiger partial charge in [0, 0.05) is 9.75 Å². The van der Waals surface area contributed by atoms with Gasteiger partial charge in [-0.3, -0.25) is 0 Å². The molecule has 0 fully saturated rings. The molecule has 17 heavy (non-hydrogen) atoms. The minimum Gasteiger partial charge on any atom is -0.205 e. The maximum absolute atomic E-state index is 13.4. The third-order valence-corrected chi connectivity index (χ3v) is 4.90. The lowest BCUT2D eigenvalue weighted by molar-refractivity contribution is 0.626. The quantitative estimate of drug-likeness (QED) is 0.624. The number of hydrogen-bond donors (Lipinski definition) is 0. The Kier molecular flexibility index (Phi) is 3.91. The summed E-state index contributed by atoms with van der Waals surface area (Å²) in [5.74, 6) is -0.377. The maximum Gasteiger partial charge on any atom is 0.142 e. The van der Waals surface area contributed by atoms with Gasteiger partial charge < -0.3 is 0 Å². The van der Waals surface area contributed by atoms with Crippen molar-refractivity contribution >= 4 is 38.9 Å². The lowest BCUT2D eigenvalue weighted by Crippen LogP contribution is -1.93. The normalized spacial score (nSPS) is 12.8. The molecule has 0 aliphatic rings. The van der Waals surface area contributed by atoms with E-state index in [0.29, 0.717) is 0 Å². The lowest BCUT2D eigenvalue weighted by Gasteiger charge is -2.10. The number of thiophene rings is 1. The van der Waals surface area contributed by atoms with Crippen LogP contribution in [0.3, 0.4) is 0 Å². The second-order valence-electron chi connectivity index (χ2n) is 3.90. The molecule has 1 aromatic heterocycles. The topological polar surface area (TPSA) is 0 Å². The number of hydrogen-bond acceptors (Lipinski definition) is 1. The third kappa shape index (κ3) is 2.72. The molecule has 1 atom stereocenters. The smallest absolute Gasteiger partial charge is 0.142 e. The predicted octanol–water partition coefficient (Wildman–Crippen LogP) is 5.64. The van der Waals surface area contributed by atoms with Gasteiger partial charge in [0.05, 0.1) is 9.85 Å². The summed E-state index contributed by atoms with van der Waals surface area (Å²) in [6.45, 7) is 4.15. The standard InChI is InChI=1S/C13H11BrClFS/c1-7-5-10(8(2)17-7)13(14)9-3-4-11(15)12(16)6-9/h3-6,13H,1-2H3. The van der Waals surface area contributed by atoms with Crippen LogP contribution in [0.5, 0.6) is 0 Å². The van der Waals surface area contributed by atoms with Gasteiger partial charge in [-0.25, -0.2) is 4.39 Å². The zero-order chi connectivity index (χ0) is 12.6. The molecule has 0 N–H and O–H groups in total. The van der Waals surface area contributed by atoms with Crippen molar-refractivity contribution in [2.45, 2.75) is 18.7 Å². The van der Waals surface area contributed by atoms with E-state index < -0.39 is 0 Å². The van der Waals surface area contributed by atoms with E-state index in [2.05, 4.69) is 35.8 Å². The fourth-order valence-corrected chi connectivity index (χ4v) is 3.74. The highest BCUT2D eigenvalue weighted by Gasteiger charge is 2.16. The Morgan fingerprint density at radius 1 is 1.29 bits per heavy atom. The first-order chi connectivity index (χ1) is 7.99. The Morgan fingerprint density at radius 2 is 2.00 bits per heavy atom. The van der Waals surface area contributed by atoms with Crippen LogP contribution in [0.15, 0.2) is 24.3 Å². The van der Waals surface area contributed by atoms with E-state index in [1.807, 2.05) is 6.07 Å². The first-order valence-electron chi connectivity index (χ1n) is 5.15. The monoisotopic (exact) mass is 332 g/mol. The average Bonchev–Trinajstić information content (AvgIpc) is 2.61. The molecule has 90 valence electrons. The van der Waals surface area contributed by atoms with Crippen LogP contribution in [0.1, 0.15) is 25.7 Å². The van der Waals surface area contributed by atoms with E-state index in [1.54, 1.807) is 17.4 Å². The SMILES string of the molecule is Cc1cc(C(Br)c2ccc(Cl)c(F)c2)c(C)s1. The van der Waals surface area contributed by atoms with Crippen LogP contribution in [0.4, 0.5) is 4.39 Å². The first kappa shape index (κ1) is 13.1. The third-order valence-electron chi connectivity index (χ3n) is 2.59. The Morgan fingerprint density at radius 3 is 2.53 bits per heavy atom. The largest absolute Gasteiger partial charge is 0.205 e. The van der Waals surface area contributed by atoms with Gasteiger partial charge in [0.25, 0.3) is 0 Å². The van der Waals surface area contributed by atoms with Crippen LogP contribution in [-0.2, 0) is 0 Å². The number of aryl methyl sites for hydroxylation is 2. The lowest BCUT2D eigenvalue weighted by atomic mass is 10.1. The number of halogens is 3. The van der Waals surface area contributed by atoms with Crippen molar-refractivity contribution in [3.63, 3.8) is 0 Å². The van der Waals surface area contributed by atoms with Crippen molar-refractivity contribution in [1.29, 1.82) is 0 Å². The number of rotatable bonds is 2. The van der Waals surface area contributed by atoms with Gasteiger partial charge >= 0.3 is 0 Å². The number of alkyl halides is 1. The van der Waals surface area contributed by atoms with E-state index in [9.17, 15) is 4.39 Å². The summed E-state index contributed by atoms with van der Waals surface area (Å²) in [5, 5.41) is 0.159. The first-order valence-corrected chi connectivity index (χ1v) is 7.26. The highest BCUT2D eigenvalue weighted by atomic mass is 79.9. The molecule has 4 heteroatoms. The van der Waals surface area contributed by atoms with Crippen LogP contribution in [0.25, 0.3) is 0 Å². The fraction of sp³-hybridized carbons (Fsp3) is 0.231. The van der Waals surface area contributed by atoms with E-state index in [1.165, 1.54) is 21.4 Å². The summed E-state index contributed by atoms with van der Waals surface area (Å²) < 4.78 is 13.4.